The van der Waals surface area contributed by atoms with E-state index in [0.29, 0.717) is 31.5 Å². The van der Waals surface area contributed by atoms with Crippen molar-refractivity contribution in [1.29, 1.82) is 0 Å². The summed E-state index contributed by atoms with van der Waals surface area (Å²) in [6, 6.07) is 13.8. The van der Waals surface area contributed by atoms with Crippen LogP contribution in [0.15, 0.2) is 54.7 Å². The zero-order valence-electron chi connectivity index (χ0n) is 16.1. The molecule has 1 aromatic heterocycles. The maximum Gasteiger partial charge on any atom is 0.138 e. The molecule has 2 aromatic carbocycles. The Hall–Kier alpha value is -3.06. The number of hydrogen-bond acceptors (Lipinski definition) is 5. The second-order valence-corrected chi connectivity index (χ2v) is 7.13. The molecule has 3 aromatic rings. The van der Waals surface area contributed by atoms with Gasteiger partial charge in [-0.3, -0.25) is 9.48 Å². The summed E-state index contributed by atoms with van der Waals surface area (Å²) >= 11 is 0. The van der Waals surface area contributed by atoms with Crippen LogP contribution in [0.4, 0.5) is 4.39 Å². The number of hydrogen-bond donors (Lipinski definition) is 0. The molecule has 150 valence electrons. The number of ether oxygens (including phenoxy) is 2. The Morgan fingerprint density at radius 1 is 1.14 bits per heavy atom. The lowest BCUT2D eigenvalue weighted by molar-refractivity contribution is -0.136. The van der Waals surface area contributed by atoms with Gasteiger partial charge in [-0.1, -0.05) is 17.3 Å². The van der Waals surface area contributed by atoms with Crippen LogP contribution in [0, 0.1) is 5.82 Å². The van der Waals surface area contributed by atoms with Crippen LogP contribution in [-0.4, -0.2) is 34.0 Å². The number of carbonyl (C=O) groups is 1. The van der Waals surface area contributed by atoms with Gasteiger partial charge in [0.15, 0.2) is 0 Å². The summed E-state index contributed by atoms with van der Waals surface area (Å²) in [6.07, 6.45) is 2.87. The molecule has 29 heavy (non-hydrogen) atoms. The highest BCUT2D eigenvalue weighted by Crippen LogP contribution is 2.31. The zero-order valence-corrected chi connectivity index (χ0v) is 16.1. The van der Waals surface area contributed by atoms with E-state index >= 15 is 0 Å². The predicted molar refractivity (Wildman–Crippen MR) is 105 cm³/mol. The maximum absolute atomic E-state index is 13.1. The first-order chi connectivity index (χ1) is 14.1. The molecule has 7 heteroatoms. The minimum Gasteiger partial charge on any atom is -0.497 e. The van der Waals surface area contributed by atoms with E-state index in [2.05, 4.69) is 10.3 Å². The summed E-state index contributed by atoms with van der Waals surface area (Å²) in [6.45, 7) is 0.585. The van der Waals surface area contributed by atoms with Gasteiger partial charge in [-0.2, -0.15) is 0 Å². The van der Waals surface area contributed by atoms with Gasteiger partial charge in [-0.05, 0) is 48.4 Å². The number of rotatable bonds is 6. The number of aromatic nitrogens is 3. The van der Waals surface area contributed by atoms with E-state index in [1.807, 2.05) is 30.5 Å². The van der Waals surface area contributed by atoms with E-state index < -0.39 is 0 Å². The molecular weight excluding hydrogens is 373 g/mol. The standard InChI is InChI=1S/C22H22FN3O3/c1-28-19-8-4-16(5-9-19)22-13-18(27)12-20(29-22)10-11-26-14-21(24-25-26)15-2-6-17(23)7-3-15/h2-9,14,20,22H,10-13H2,1H3/t20-,22-/m1/s1. The monoisotopic (exact) mass is 395 g/mol. The average Bonchev–Trinajstić information content (AvgIpc) is 3.21. The quantitative estimate of drug-likeness (QED) is 0.632. The molecule has 1 fully saturated rings. The number of halogens is 1. The van der Waals surface area contributed by atoms with Crippen molar-refractivity contribution in [2.45, 2.75) is 38.0 Å². The van der Waals surface area contributed by atoms with Gasteiger partial charge in [0.05, 0.1) is 25.5 Å². The Bertz CT molecular complexity index is 970. The van der Waals surface area contributed by atoms with E-state index in [4.69, 9.17) is 9.47 Å². The molecule has 0 spiro atoms. The first-order valence-electron chi connectivity index (χ1n) is 9.58. The molecule has 1 aliphatic heterocycles. The average molecular weight is 395 g/mol. The van der Waals surface area contributed by atoms with E-state index in [0.717, 1.165) is 16.9 Å². The molecule has 0 amide bonds. The highest BCUT2D eigenvalue weighted by molar-refractivity contribution is 5.80. The normalized spacial score (nSPS) is 19.3. The number of nitrogens with zero attached hydrogens (tertiary/aromatic N) is 3. The lowest BCUT2D eigenvalue weighted by Crippen LogP contribution is -2.29. The van der Waals surface area contributed by atoms with Crippen LogP contribution >= 0.6 is 0 Å². The number of methoxy groups -OCH3 is 1. The first-order valence-corrected chi connectivity index (χ1v) is 9.58. The number of ketones is 1. The molecule has 0 aliphatic carbocycles. The van der Waals surface area contributed by atoms with E-state index in [9.17, 15) is 9.18 Å². The number of carbonyl (C=O) groups excluding carboxylic acids is 1. The second-order valence-electron chi connectivity index (χ2n) is 7.13. The van der Waals surface area contributed by atoms with E-state index in [1.54, 1.807) is 23.9 Å². The van der Waals surface area contributed by atoms with Gasteiger partial charge in [0, 0.05) is 24.9 Å². The van der Waals surface area contributed by atoms with Crippen LogP contribution < -0.4 is 4.74 Å². The molecule has 6 nitrogen and oxygen atoms in total. The molecule has 0 saturated carbocycles. The fourth-order valence-electron chi connectivity index (χ4n) is 3.49. The highest BCUT2D eigenvalue weighted by Gasteiger charge is 2.29. The summed E-state index contributed by atoms with van der Waals surface area (Å²) in [4.78, 5) is 12.2. The van der Waals surface area contributed by atoms with Gasteiger partial charge in [-0.15, -0.1) is 5.10 Å². The smallest absolute Gasteiger partial charge is 0.138 e. The molecule has 0 bridgehead atoms. The van der Waals surface area contributed by atoms with Crippen molar-refractivity contribution in [2.75, 3.05) is 7.11 Å². The van der Waals surface area contributed by atoms with Crippen LogP contribution in [0.2, 0.25) is 0 Å². The van der Waals surface area contributed by atoms with Crippen LogP contribution in [-0.2, 0) is 16.1 Å². The molecule has 0 N–H and O–H groups in total. The fraction of sp³-hybridized carbons (Fsp3) is 0.318. The highest BCUT2D eigenvalue weighted by atomic mass is 19.1. The van der Waals surface area contributed by atoms with E-state index in [-0.39, 0.29) is 23.8 Å². The summed E-state index contributed by atoms with van der Waals surface area (Å²) < 4.78 is 26.2. The Labute approximate surface area is 168 Å². The summed E-state index contributed by atoms with van der Waals surface area (Å²) in [5, 5.41) is 8.28. The lowest BCUT2D eigenvalue weighted by Gasteiger charge is -2.29. The van der Waals surface area contributed by atoms with Crippen molar-refractivity contribution >= 4 is 5.78 Å². The third-order valence-corrected chi connectivity index (χ3v) is 5.07. The molecular formula is C22H22FN3O3. The molecule has 1 saturated heterocycles. The number of Topliss-reactive ketones (excluding diaryl/α,β-unsaturated/α-hetero) is 1. The molecule has 4 rings (SSSR count). The molecule has 2 heterocycles. The summed E-state index contributed by atoms with van der Waals surface area (Å²) in [5.41, 5.74) is 2.46. The Kier molecular flexibility index (Phi) is 5.67. The van der Waals surface area contributed by atoms with Gasteiger partial charge in [-0.25, -0.2) is 4.39 Å². The van der Waals surface area contributed by atoms with Crippen molar-refractivity contribution < 1.29 is 18.7 Å². The van der Waals surface area contributed by atoms with Crippen molar-refractivity contribution in [2.24, 2.45) is 0 Å². The Balaban J connectivity index is 1.37. The fourth-order valence-corrected chi connectivity index (χ4v) is 3.49. The third-order valence-electron chi connectivity index (χ3n) is 5.07. The largest absolute Gasteiger partial charge is 0.497 e. The molecule has 2 atom stereocenters. The van der Waals surface area contributed by atoms with Crippen molar-refractivity contribution in [3.63, 3.8) is 0 Å². The summed E-state index contributed by atoms with van der Waals surface area (Å²) in [7, 11) is 1.62. The van der Waals surface area contributed by atoms with Crippen LogP contribution in [0.25, 0.3) is 11.3 Å². The topological polar surface area (TPSA) is 66.2 Å². The van der Waals surface area contributed by atoms with Gasteiger partial charge in [0.25, 0.3) is 0 Å². The minimum atomic E-state index is -0.285. The van der Waals surface area contributed by atoms with Gasteiger partial charge < -0.3 is 9.47 Å². The summed E-state index contributed by atoms with van der Waals surface area (Å²) in [5.74, 6) is 0.690. The van der Waals surface area contributed by atoms with Gasteiger partial charge in [0.1, 0.15) is 23.0 Å². The molecule has 0 unspecified atom stereocenters. The number of aryl methyl sites for hydroxylation is 1. The predicted octanol–water partition coefficient (Wildman–Crippen LogP) is 3.97. The van der Waals surface area contributed by atoms with Crippen LogP contribution in [0.3, 0.4) is 0 Å². The second kappa shape index (κ2) is 8.53. The Morgan fingerprint density at radius 2 is 1.90 bits per heavy atom. The van der Waals surface area contributed by atoms with E-state index in [1.165, 1.54) is 12.1 Å². The molecule has 0 radical (unpaired) electrons. The Morgan fingerprint density at radius 3 is 2.62 bits per heavy atom. The van der Waals surface area contributed by atoms with Crippen LogP contribution in [0.1, 0.15) is 30.9 Å². The zero-order chi connectivity index (χ0) is 20.2. The maximum atomic E-state index is 13.1. The van der Waals surface area contributed by atoms with Crippen molar-refractivity contribution in [1.82, 2.24) is 15.0 Å². The van der Waals surface area contributed by atoms with Crippen molar-refractivity contribution in [3.05, 3.63) is 66.1 Å². The SMILES string of the molecule is COc1ccc([C@H]2CC(=O)C[C@@H](CCn3cc(-c4ccc(F)cc4)nn3)O2)cc1. The van der Waals surface area contributed by atoms with Gasteiger partial charge in [0.2, 0.25) is 0 Å². The van der Waals surface area contributed by atoms with Crippen LogP contribution in [0.5, 0.6) is 5.75 Å². The molecule has 1 aliphatic rings. The third kappa shape index (κ3) is 4.68. The number of benzene rings is 2. The lowest BCUT2D eigenvalue weighted by atomic mass is 9.96. The first kappa shape index (κ1) is 19.3. The minimum absolute atomic E-state index is 0.165. The van der Waals surface area contributed by atoms with Crippen molar-refractivity contribution in [3.8, 4) is 17.0 Å². The van der Waals surface area contributed by atoms with Gasteiger partial charge >= 0.3 is 0 Å².